The molecule has 3 nitrogen and oxygen atoms in total. The normalized spacial score (nSPS) is 9.27. The summed E-state index contributed by atoms with van der Waals surface area (Å²) in [6.45, 7) is 0. The predicted octanol–water partition coefficient (Wildman–Crippen LogP) is 1.51. The zero-order valence-corrected chi connectivity index (χ0v) is 8.03. The van der Waals surface area contributed by atoms with Gasteiger partial charge in [0.1, 0.15) is 9.39 Å². The first-order valence-corrected chi connectivity index (χ1v) is 4.01. The van der Waals surface area contributed by atoms with Crippen molar-refractivity contribution >= 4 is 28.9 Å². The fraction of sp³-hybridized carbons (Fsp3) is 0.143. The Balaban J connectivity index is 3.09. The van der Waals surface area contributed by atoms with E-state index < -0.39 is 0 Å². The Morgan fingerprint density at radius 1 is 1.64 bits per heavy atom. The van der Waals surface area contributed by atoms with Gasteiger partial charge in [-0.2, -0.15) is 0 Å². The van der Waals surface area contributed by atoms with Crippen LogP contribution in [0.2, 0.25) is 0 Å². The average Bonchev–Trinajstić information content (AvgIpc) is 2.04. The van der Waals surface area contributed by atoms with Crippen LogP contribution in [0.5, 0.6) is 5.75 Å². The molecule has 1 heterocycles. The molecule has 0 saturated carbocycles. The van der Waals surface area contributed by atoms with Gasteiger partial charge in [-0.1, -0.05) is 0 Å². The Morgan fingerprint density at radius 2 is 2.36 bits per heavy atom. The van der Waals surface area contributed by atoms with E-state index in [0.717, 1.165) is 0 Å². The molecule has 0 radical (unpaired) electrons. The maximum Gasteiger partial charge on any atom is 0.168 e. The van der Waals surface area contributed by atoms with Crippen LogP contribution in [0, 0.1) is 3.70 Å². The Labute approximate surface area is 77.9 Å². The molecule has 4 heteroatoms. The van der Waals surface area contributed by atoms with E-state index in [9.17, 15) is 4.79 Å². The topological polar surface area (TPSA) is 39.2 Å². The number of carbonyl (C=O) groups is 1. The van der Waals surface area contributed by atoms with E-state index in [1.54, 1.807) is 19.2 Å². The molecule has 0 unspecified atom stereocenters. The van der Waals surface area contributed by atoms with Crippen LogP contribution in [0.1, 0.15) is 10.5 Å². The van der Waals surface area contributed by atoms with Crippen LogP contribution < -0.4 is 4.74 Å². The minimum absolute atomic E-state index is 0.426. The third kappa shape index (κ3) is 1.89. The molecule has 0 aromatic carbocycles. The summed E-state index contributed by atoms with van der Waals surface area (Å²) < 4.78 is 5.66. The summed E-state index contributed by atoms with van der Waals surface area (Å²) in [5, 5.41) is 0. The Hall–Kier alpha value is -0.650. The van der Waals surface area contributed by atoms with Gasteiger partial charge in [-0.3, -0.25) is 4.79 Å². The highest BCUT2D eigenvalue weighted by atomic mass is 127. The molecule has 0 saturated heterocycles. The summed E-state index contributed by atoms with van der Waals surface area (Å²) in [6.07, 6.45) is 0.710. The second-order valence-electron chi connectivity index (χ2n) is 1.85. The molecule has 11 heavy (non-hydrogen) atoms. The third-order valence-corrected chi connectivity index (χ3v) is 1.95. The smallest absolute Gasteiger partial charge is 0.168 e. The van der Waals surface area contributed by atoms with Gasteiger partial charge in [0.25, 0.3) is 0 Å². The number of halogens is 1. The SMILES string of the molecule is COc1ccc(C=O)nc1I. The Bertz CT molecular complexity index is 275. The van der Waals surface area contributed by atoms with E-state index >= 15 is 0 Å². The average molecular weight is 263 g/mol. The van der Waals surface area contributed by atoms with E-state index in [-0.39, 0.29) is 0 Å². The van der Waals surface area contributed by atoms with Crippen molar-refractivity contribution in [3.8, 4) is 5.75 Å². The molecule has 0 atom stereocenters. The van der Waals surface area contributed by atoms with Crippen molar-refractivity contribution in [3.63, 3.8) is 0 Å². The summed E-state index contributed by atoms with van der Waals surface area (Å²) in [5.41, 5.74) is 0.426. The van der Waals surface area contributed by atoms with Crippen molar-refractivity contribution in [2.24, 2.45) is 0 Å². The predicted molar refractivity (Wildman–Crippen MR) is 48.9 cm³/mol. The first-order chi connectivity index (χ1) is 5.27. The number of carbonyl (C=O) groups excluding carboxylic acids is 1. The first kappa shape index (κ1) is 8.45. The van der Waals surface area contributed by atoms with Crippen molar-refractivity contribution in [1.29, 1.82) is 0 Å². The number of hydrogen-bond acceptors (Lipinski definition) is 3. The molecule has 0 aliphatic carbocycles. The minimum atomic E-state index is 0.426. The first-order valence-electron chi connectivity index (χ1n) is 2.93. The van der Waals surface area contributed by atoms with Crippen LogP contribution >= 0.6 is 22.6 Å². The number of ether oxygens (including phenoxy) is 1. The number of methoxy groups -OCH3 is 1. The highest BCUT2D eigenvalue weighted by molar-refractivity contribution is 14.1. The van der Waals surface area contributed by atoms with Gasteiger partial charge in [0.15, 0.2) is 12.0 Å². The largest absolute Gasteiger partial charge is 0.494 e. The summed E-state index contributed by atoms with van der Waals surface area (Å²) in [5.74, 6) is 0.691. The van der Waals surface area contributed by atoms with E-state index in [1.807, 2.05) is 22.6 Å². The fourth-order valence-corrected chi connectivity index (χ4v) is 1.33. The van der Waals surface area contributed by atoms with Crippen LogP contribution in [0.15, 0.2) is 12.1 Å². The second kappa shape index (κ2) is 3.66. The number of nitrogens with zero attached hydrogens (tertiary/aromatic N) is 1. The molecular weight excluding hydrogens is 257 g/mol. The van der Waals surface area contributed by atoms with E-state index in [1.165, 1.54) is 0 Å². The lowest BCUT2D eigenvalue weighted by atomic mass is 10.4. The standard InChI is InChI=1S/C7H6INO2/c1-11-6-3-2-5(4-10)9-7(6)8/h2-4H,1H3. The molecule has 1 rings (SSSR count). The number of rotatable bonds is 2. The number of hydrogen-bond donors (Lipinski definition) is 0. The molecule has 0 N–H and O–H groups in total. The van der Waals surface area contributed by atoms with Gasteiger partial charge in [0.05, 0.1) is 7.11 Å². The molecule has 0 spiro atoms. The van der Waals surface area contributed by atoms with Gasteiger partial charge in [0, 0.05) is 0 Å². The summed E-state index contributed by atoms with van der Waals surface area (Å²) in [7, 11) is 1.57. The third-order valence-electron chi connectivity index (χ3n) is 1.18. The van der Waals surface area contributed by atoms with Gasteiger partial charge < -0.3 is 4.74 Å². The molecule has 1 aromatic heterocycles. The molecule has 0 aliphatic heterocycles. The van der Waals surface area contributed by atoms with Crippen LogP contribution in [0.3, 0.4) is 0 Å². The monoisotopic (exact) mass is 263 g/mol. The highest BCUT2D eigenvalue weighted by Gasteiger charge is 2.00. The number of aromatic nitrogens is 1. The van der Waals surface area contributed by atoms with Gasteiger partial charge in [0.2, 0.25) is 0 Å². The van der Waals surface area contributed by atoms with Crippen molar-refractivity contribution in [2.75, 3.05) is 7.11 Å². The number of aldehydes is 1. The molecule has 1 aromatic rings. The van der Waals surface area contributed by atoms with Crippen molar-refractivity contribution in [3.05, 3.63) is 21.5 Å². The molecule has 0 aliphatic rings. The zero-order chi connectivity index (χ0) is 8.27. The summed E-state index contributed by atoms with van der Waals surface area (Å²) in [4.78, 5) is 14.2. The maximum atomic E-state index is 10.3. The molecule has 58 valence electrons. The summed E-state index contributed by atoms with van der Waals surface area (Å²) in [6, 6.07) is 3.34. The lowest BCUT2D eigenvalue weighted by molar-refractivity contribution is 0.111. The summed E-state index contributed by atoms with van der Waals surface area (Å²) >= 11 is 2.01. The van der Waals surface area contributed by atoms with Crippen molar-refractivity contribution < 1.29 is 9.53 Å². The zero-order valence-electron chi connectivity index (χ0n) is 5.87. The van der Waals surface area contributed by atoms with Gasteiger partial charge in [-0.05, 0) is 34.7 Å². The molecular formula is C7H6INO2. The van der Waals surface area contributed by atoms with E-state index in [0.29, 0.717) is 21.4 Å². The van der Waals surface area contributed by atoms with Crippen LogP contribution in [0.4, 0.5) is 0 Å². The number of pyridine rings is 1. The Kier molecular flexibility index (Phi) is 2.81. The lowest BCUT2D eigenvalue weighted by Gasteiger charge is -2.00. The fourth-order valence-electron chi connectivity index (χ4n) is 0.653. The highest BCUT2D eigenvalue weighted by Crippen LogP contribution is 2.17. The van der Waals surface area contributed by atoms with Crippen molar-refractivity contribution in [1.82, 2.24) is 4.98 Å². The van der Waals surface area contributed by atoms with Crippen LogP contribution in [-0.2, 0) is 0 Å². The lowest BCUT2D eigenvalue weighted by Crippen LogP contribution is -1.93. The van der Waals surface area contributed by atoms with Crippen LogP contribution in [0.25, 0.3) is 0 Å². The van der Waals surface area contributed by atoms with Crippen molar-refractivity contribution in [2.45, 2.75) is 0 Å². The molecule has 0 fully saturated rings. The van der Waals surface area contributed by atoms with Gasteiger partial charge >= 0.3 is 0 Å². The van der Waals surface area contributed by atoms with E-state index in [2.05, 4.69) is 4.98 Å². The maximum absolute atomic E-state index is 10.3. The van der Waals surface area contributed by atoms with Gasteiger partial charge in [-0.15, -0.1) is 0 Å². The molecule has 0 bridgehead atoms. The minimum Gasteiger partial charge on any atom is -0.494 e. The Morgan fingerprint density at radius 3 is 2.82 bits per heavy atom. The quantitative estimate of drug-likeness (QED) is 0.461. The van der Waals surface area contributed by atoms with E-state index in [4.69, 9.17) is 4.74 Å². The van der Waals surface area contributed by atoms with Gasteiger partial charge in [-0.25, -0.2) is 4.98 Å². The second-order valence-corrected chi connectivity index (χ2v) is 2.87. The molecule has 0 amide bonds. The van der Waals surface area contributed by atoms with Crippen LogP contribution in [-0.4, -0.2) is 18.4 Å².